The number of rotatable bonds is 42. The molecule has 0 saturated heterocycles. The number of esters is 2. The number of carbonyl (C=O) groups is 2. The zero-order chi connectivity index (χ0) is 44.9. The Labute approximate surface area is 380 Å². The van der Waals surface area contributed by atoms with Crippen molar-refractivity contribution in [1.82, 2.24) is 0 Å². The standard InChI is InChI=1S/C57H88O5/c1-3-5-7-9-11-13-15-17-19-20-21-22-23-24-25-26-27-28-29-30-31-32-33-34-35-36-38-40-42-44-46-48-50-52-57(60)62-55(53-58)54-61-56(59)51-49-47-45-43-41-39-37-18-16-14-12-10-8-6-4-2/h5,7,11-14,17-19,21-22,24-25,27-28,30-31,33-34,36-38,42,44,55,58H,3-4,6,8-10,15-16,20,23,26,29,32,35,39-41,43,45-54H2,1-2H3/b7-5-,13-11-,14-12-,19-17-,22-21-,25-24-,28-27-,31-30-,34-33-,37-18-,38-36-,44-42-. The van der Waals surface area contributed by atoms with E-state index in [0.717, 1.165) is 116 Å². The third kappa shape index (κ3) is 48.4. The van der Waals surface area contributed by atoms with Crippen molar-refractivity contribution in [3.05, 3.63) is 146 Å². The summed E-state index contributed by atoms with van der Waals surface area (Å²) in [7, 11) is 0. The number of ether oxygens (including phenoxy) is 2. The van der Waals surface area contributed by atoms with Crippen molar-refractivity contribution in [2.45, 2.75) is 187 Å². The van der Waals surface area contributed by atoms with E-state index in [-0.39, 0.29) is 31.6 Å². The summed E-state index contributed by atoms with van der Waals surface area (Å²) >= 11 is 0. The molecule has 5 heteroatoms. The number of hydrogen-bond acceptors (Lipinski definition) is 5. The third-order valence-corrected chi connectivity index (χ3v) is 9.62. The first kappa shape index (κ1) is 57.8. The van der Waals surface area contributed by atoms with E-state index >= 15 is 0 Å². The van der Waals surface area contributed by atoms with Crippen LogP contribution in [0.2, 0.25) is 0 Å². The summed E-state index contributed by atoms with van der Waals surface area (Å²) in [6, 6.07) is 0. The van der Waals surface area contributed by atoms with E-state index in [1.807, 2.05) is 0 Å². The molecule has 0 aliphatic heterocycles. The summed E-state index contributed by atoms with van der Waals surface area (Å²) in [4.78, 5) is 24.4. The second-order valence-corrected chi connectivity index (χ2v) is 15.4. The molecule has 0 aliphatic rings. The van der Waals surface area contributed by atoms with E-state index in [9.17, 15) is 14.7 Å². The number of carbonyl (C=O) groups excluding carboxylic acids is 2. The van der Waals surface area contributed by atoms with E-state index in [4.69, 9.17) is 9.47 Å². The van der Waals surface area contributed by atoms with Crippen molar-refractivity contribution in [3.63, 3.8) is 0 Å². The molecule has 1 atom stereocenters. The Bertz CT molecular complexity index is 1380. The van der Waals surface area contributed by atoms with Gasteiger partial charge in [0.2, 0.25) is 0 Å². The Morgan fingerprint density at radius 2 is 0.694 bits per heavy atom. The number of aliphatic hydroxyl groups excluding tert-OH is 1. The normalized spacial score (nSPS) is 13.5. The molecule has 0 radical (unpaired) electrons. The molecule has 0 spiro atoms. The molecule has 0 aromatic heterocycles. The molecule has 0 rings (SSSR count). The Balaban J connectivity index is 3.73. The van der Waals surface area contributed by atoms with Gasteiger partial charge in [0.15, 0.2) is 6.10 Å². The van der Waals surface area contributed by atoms with Gasteiger partial charge in [0.25, 0.3) is 0 Å². The smallest absolute Gasteiger partial charge is 0.306 e. The number of aliphatic hydroxyl groups is 1. The van der Waals surface area contributed by atoms with Crippen LogP contribution in [0.25, 0.3) is 0 Å². The molecular formula is C57H88O5. The van der Waals surface area contributed by atoms with E-state index in [0.29, 0.717) is 12.8 Å². The fourth-order valence-corrected chi connectivity index (χ4v) is 5.96. The summed E-state index contributed by atoms with van der Waals surface area (Å²) in [5.74, 6) is -0.672. The van der Waals surface area contributed by atoms with Crippen molar-refractivity contribution in [1.29, 1.82) is 0 Å². The third-order valence-electron chi connectivity index (χ3n) is 9.62. The van der Waals surface area contributed by atoms with Gasteiger partial charge in [0, 0.05) is 12.8 Å². The molecule has 0 amide bonds. The highest BCUT2D eigenvalue weighted by atomic mass is 16.6. The van der Waals surface area contributed by atoms with Crippen LogP contribution in [-0.2, 0) is 19.1 Å². The van der Waals surface area contributed by atoms with Crippen LogP contribution in [0.5, 0.6) is 0 Å². The second kappa shape index (κ2) is 51.1. The van der Waals surface area contributed by atoms with E-state index in [2.05, 4.69) is 160 Å². The molecule has 0 aromatic rings. The molecule has 0 bridgehead atoms. The highest BCUT2D eigenvalue weighted by Crippen LogP contribution is 2.10. The Morgan fingerprint density at radius 3 is 1.08 bits per heavy atom. The summed E-state index contributed by atoms with van der Waals surface area (Å²) in [5.41, 5.74) is 0. The van der Waals surface area contributed by atoms with Crippen LogP contribution in [0.1, 0.15) is 181 Å². The van der Waals surface area contributed by atoms with Crippen LogP contribution in [0.4, 0.5) is 0 Å². The van der Waals surface area contributed by atoms with Crippen LogP contribution in [0, 0.1) is 0 Å². The highest BCUT2D eigenvalue weighted by molar-refractivity contribution is 5.70. The fraction of sp³-hybridized carbons (Fsp3) is 0.544. The van der Waals surface area contributed by atoms with Gasteiger partial charge in [-0.1, -0.05) is 192 Å². The topological polar surface area (TPSA) is 72.8 Å². The van der Waals surface area contributed by atoms with Crippen molar-refractivity contribution < 1.29 is 24.2 Å². The Morgan fingerprint density at radius 1 is 0.387 bits per heavy atom. The molecule has 0 fully saturated rings. The van der Waals surface area contributed by atoms with Crippen molar-refractivity contribution in [3.8, 4) is 0 Å². The zero-order valence-corrected chi connectivity index (χ0v) is 39.3. The minimum Gasteiger partial charge on any atom is -0.462 e. The van der Waals surface area contributed by atoms with Crippen LogP contribution < -0.4 is 0 Å². The lowest BCUT2D eigenvalue weighted by atomic mass is 10.1. The molecule has 0 heterocycles. The van der Waals surface area contributed by atoms with E-state index in [1.165, 1.54) is 32.1 Å². The maximum Gasteiger partial charge on any atom is 0.306 e. The summed E-state index contributed by atoms with van der Waals surface area (Å²) in [5, 5.41) is 9.59. The first-order valence-electron chi connectivity index (χ1n) is 24.4. The Kier molecular flexibility index (Phi) is 47.7. The monoisotopic (exact) mass is 853 g/mol. The average molecular weight is 853 g/mol. The molecule has 0 saturated carbocycles. The summed E-state index contributed by atoms with van der Waals surface area (Å²) in [6.07, 6.45) is 77.9. The zero-order valence-electron chi connectivity index (χ0n) is 39.3. The van der Waals surface area contributed by atoms with Crippen LogP contribution in [-0.4, -0.2) is 36.4 Å². The average Bonchev–Trinajstić information content (AvgIpc) is 3.28. The molecule has 346 valence electrons. The molecule has 1 unspecified atom stereocenters. The number of allylic oxidation sites excluding steroid dienone is 24. The Hall–Kier alpha value is -4.22. The van der Waals surface area contributed by atoms with Crippen LogP contribution in [0.3, 0.4) is 0 Å². The molecule has 5 nitrogen and oxygen atoms in total. The molecule has 0 aliphatic carbocycles. The van der Waals surface area contributed by atoms with Gasteiger partial charge in [-0.25, -0.2) is 0 Å². The lowest BCUT2D eigenvalue weighted by Crippen LogP contribution is -2.28. The van der Waals surface area contributed by atoms with E-state index < -0.39 is 6.10 Å². The predicted molar refractivity (Wildman–Crippen MR) is 269 cm³/mol. The van der Waals surface area contributed by atoms with Crippen molar-refractivity contribution in [2.24, 2.45) is 0 Å². The summed E-state index contributed by atoms with van der Waals surface area (Å²) < 4.78 is 10.6. The van der Waals surface area contributed by atoms with Gasteiger partial charge in [0.1, 0.15) is 6.61 Å². The highest BCUT2D eigenvalue weighted by Gasteiger charge is 2.16. The second-order valence-electron chi connectivity index (χ2n) is 15.4. The largest absolute Gasteiger partial charge is 0.462 e. The van der Waals surface area contributed by atoms with Crippen molar-refractivity contribution >= 4 is 11.9 Å². The lowest BCUT2D eigenvalue weighted by Gasteiger charge is -2.15. The molecule has 1 N–H and O–H groups in total. The molecular weight excluding hydrogens is 765 g/mol. The quantitative estimate of drug-likeness (QED) is 0.0376. The fourth-order valence-electron chi connectivity index (χ4n) is 5.96. The van der Waals surface area contributed by atoms with Crippen LogP contribution in [0.15, 0.2) is 146 Å². The molecule has 62 heavy (non-hydrogen) atoms. The van der Waals surface area contributed by atoms with Gasteiger partial charge in [-0.3, -0.25) is 9.59 Å². The van der Waals surface area contributed by atoms with E-state index in [1.54, 1.807) is 0 Å². The van der Waals surface area contributed by atoms with Gasteiger partial charge in [-0.2, -0.15) is 0 Å². The van der Waals surface area contributed by atoms with Gasteiger partial charge >= 0.3 is 11.9 Å². The summed E-state index contributed by atoms with van der Waals surface area (Å²) in [6.45, 7) is 3.93. The van der Waals surface area contributed by atoms with Crippen LogP contribution >= 0.6 is 0 Å². The van der Waals surface area contributed by atoms with Gasteiger partial charge < -0.3 is 14.6 Å². The minimum atomic E-state index is -0.812. The SMILES string of the molecule is CC/C=C\C/C=C\C/C=C\C/C=C\C/C=C\C/C=C\C/C=C\C/C=C\C/C=C\C/C=C\CCCCC(=O)OC(CO)COC(=O)CCCCCCC/C=C\C/C=C\CCCCC. The number of unbranched alkanes of at least 4 members (excludes halogenated alkanes) is 10. The van der Waals surface area contributed by atoms with Gasteiger partial charge in [-0.15, -0.1) is 0 Å². The molecule has 0 aromatic carbocycles. The maximum atomic E-state index is 12.2. The first-order valence-corrected chi connectivity index (χ1v) is 24.4. The minimum absolute atomic E-state index is 0.101. The number of hydrogen-bond donors (Lipinski definition) is 1. The van der Waals surface area contributed by atoms with Crippen molar-refractivity contribution in [2.75, 3.05) is 13.2 Å². The first-order chi connectivity index (χ1) is 30.6. The van der Waals surface area contributed by atoms with Gasteiger partial charge in [-0.05, 0) is 122 Å². The maximum absolute atomic E-state index is 12.2. The lowest BCUT2D eigenvalue weighted by molar-refractivity contribution is -0.161. The van der Waals surface area contributed by atoms with Gasteiger partial charge in [0.05, 0.1) is 6.61 Å². The predicted octanol–water partition coefficient (Wildman–Crippen LogP) is 16.3.